The van der Waals surface area contributed by atoms with Gasteiger partial charge in [-0.1, -0.05) is 6.92 Å². The minimum atomic E-state index is -0.775. The fourth-order valence-corrected chi connectivity index (χ4v) is 1.72. The maximum absolute atomic E-state index is 13.4. The van der Waals surface area contributed by atoms with Gasteiger partial charge in [0.2, 0.25) is 5.88 Å². The van der Waals surface area contributed by atoms with Gasteiger partial charge in [-0.2, -0.15) is 4.98 Å². The Morgan fingerprint density at radius 2 is 2.00 bits per heavy atom. The van der Waals surface area contributed by atoms with Gasteiger partial charge in [0, 0.05) is 18.6 Å². The topological polar surface area (TPSA) is 35.0 Å². The monoisotopic (exact) mass is 314 g/mol. The van der Waals surface area contributed by atoms with Gasteiger partial charge in [-0.25, -0.2) is 13.8 Å². The Morgan fingerprint density at radius 3 is 2.67 bits per heavy atom. The molecular weight excluding hydrogens is 306 g/mol. The zero-order valence-corrected chi connectivity index (χ0v) is 11.0. The number of aromatic nitrogens is 2. The summed E-state index contributed by atoms with van der Waals surface area (Å²) in [6, 6.07) is 4.61. The number of halogens is 3. The van der Waals surface area contributed by atoms with Crippen LogP contribution >= 0.6 is 15.9 Å². The van der Waals surface area contributed by atoms with E-state index < -0.39 is 11.6 Å². The molecule has 2 aromatic rings. The van der Waals surface area contributed by atoms with E-state index in [1.807, 2.05) is 6.92 Å². The molecule has 0 aliphatic carbocycles. The smallest absolute Gasteiger partial charge is 0.223 e. The Labute approximate surface area is 111 Å². The van der Waals surface area contributed by atoms with Gasteiger partial charge in [0.1, 0.15) is 16.2 Å². The van der Waals surface area contributed by atoms with Gasteiger partial charge in [0.05, 0.1) is 0 Å². The summed E-state index contributed by atoms with van der Waals surface area (Å²) in [5, 5.41) is 0. The van der Waals surface area contributed by atoms with Crippen LogP contribution in [0.3, 0.4) is 0 Å². The summed E-state index contributed by atoms with van der Waals surface area (Å²) in [7, 11) is 0. The van der Waals surface area contributed by atoms with E-state index >= 15 is 0 Å². The van der Waals surface area contributed by atoms with Crippen molar-refractivity contribution in [3.8, 4) is 11.6 Å². The van der Waals surface area contributed by atoms with Gasteiger partial charge in [-0.05, 0) is 28.1 Å². The average molecular weight is 315 g/mol. The summed E-state index contributed by atoms with van der Waals surface area (Å²) < 4.78 is 32.0. The Hall–Kier alpha value is -1.56. The van der Waals surface area contributed by atoms with Crippen molar-refractivity contribution in [2.24, 2.45) is 0 Å². The van der Waals surface area contributed by atoms with Crippen LogP contribution < -0.4 is 4.74 Å². The Morgan fingerprint density at radius 1 is 1.22 bits per heavy atom. The molecule has 0 amide bonds. The minimum Gasteiger partial charge on any atom is -0.436 e. The van der Waals surface area contributed by atoms with Crippen LogP contribution in [-0.2, 0) is 6.42 Å². The number of nitrogens with zero attached hydrogens (tertiary/aromatic N) is 2. The molecule has 94 valence electrons. The predicted octanol–water partition coefficient (Wildman–Crippen LogP) is 3.87. The van der Waals surface area contributed by atoms with Crippen LogP contribution in [0.2, 0.25) is 0 Å². The third-order valence-electron chi connectivity index (χ3n) is 2.14. The molecule has 1 aromatic carbocycles. The van der Waals surface area contributed by atoms with Gasteiger partial charge in [-0.3, -0.25) is 0 Å². The largest absolute Gasteiger partial charge is 0.436 e. The van der Waals surface area contributed by atoms with Gasteiger partial charge in [0.25, 0.3) is 0 Å². The van der Waals surface area contributed by atoms with Gasteiger partial charge < -0.3 is 4.74 Å². The van der Waals surface area contributed by atoms with E-state index in [-0.39, 0.29) is 11.6 Å². The summed E-state index contributed by atoms with van der Waals surface area (Å²) in [6.07, 6.45) is 0.627. The first kappa shape index (κ1) is 12.9. The lowest BCUT2D eigenvalue weighted by atomic mass is 10.3. The van der Waals surface area contributed by atoms with E-state index in [4.69, 9.17) is 4.74 Å². The van der Waals surface area contributed by atoms with E-state index in [0.717, 1.165) is 12.1 Å². The van der Waals surface area contributed by atoms with Crippen LogP contribution in [0.15, 0.2) is 28.9 Å². The van der Waals surface area contributed by atoms with Crippen LogP contribution in [-0.4, -0.2) is 9.97 Å². The molecule has 2 rings (SSSR count). The second-order valence-electron chi connectivity index (χ2n) is 3.48. The molecule has 0 aliphatic rings. The highest BCUT2D eigenvalue weighted by Gasteiger charge is 2.09. The van der Waals surface area contributed by atoms with Crippen molar-refractivity contribution in [1.29, 1.82) is 0 Å². The first-order chi connectivity index (χ1) is 8.58. The van der Waals surface area contributed by atoms with E-state index in [2.05, 4.69) is 25.9 Å². The van der Waals surface area contributed by atoms with Crippen molar-refractivity contribution in [2.75, 3.05) is 0 Å². The molecule has 6 heteroatoms. The molecule has 0 N–H and O–H groups in total. The summed E-state index contributed by atoms with van der Waals surface area (Å²) in [4.78, 5) is 8.19. The fourth-order valence-electron chi connectivity index (χ4n) is 1.32. The maximum Gasteiger partial charge on any atom is 0.223 e. The van der Waals surface area contributed by atoms with Crippen molar-refractivity contribution in [1.82, 2.24) is 9.97 Å². The van der Waals surface area contributed by atoms with Crippen molar-refractivity contribution < 1.29 is 13.5 Å². The first-order valence-corrected chi connectivity index (χ1v) is 6.04. The molecule has 0 bridgehead atoms. The fraction of sp³-hybridized carbons (Fsp3) is 0.167. The van der Waals surface area contributed by atoms with Crippen molar-refractivity contribution in [3.63, 3.8) is 0 Å². The number of ether oxygens (including phenoxy) is 1. The molecule has 0 saturated carbocycles. The number of hydrogen-bond acceptors (Lipinski definition) is 3. The quantitative estimate of drug-likeness (QED) is 0.807. The van der Waals surface area contributed by atoms with Gasteiger partial charge in [-0.15, -0.1) is 0 Å². The number of aryl methyl sites for hydroxylation is 1. The lowest BCUT2D eigenvalue weighted by Gasteiger charge is -2.07. The van der Waals surface area contributed by atoms with Crippen molar-refractivity contribution in [2.45, 2.75) is 13.3 Å². The number of rotatable bonds is 3. The Bertz CT molecular complexity index is 578. The lowest BCUT2D eigenvalue weighted by Crippen LogP contribution is -1.97. The Kier molecular flexibility index (Phi) is 3.86. The molecule has 0 radical (unpaired) electrons. The van der Waals surface area contributed by atoms with Crippen LogP contribution in [0, 0.1) is 11.6 Å². The molecule has 0 atom stereocenters. The highest BCUT2D eigenvalue weighted by molar-refractivity contribution is 9.10. The van der Waals surface area contributed by atoms with E-state index in [1.54, 1.807) is 0 Å². The molecular formula is C12H9BrF2N2O. The minimum absolute atomic E-state index is 0.0796. The lowest BCUT2D eigenvalue weighted by molar-refractivity contribution is 0.420. The van der Waals surface area contributed by atoms with Gasteiger partial charge in [0.15, 0.2) is 11.6 Å². The zero-order valence-electron chi connectivity index (χ0n) is 9.45. The average Bonchev–Trinajstić information content (AvgIpc) is 2.32. The van der Waals surface area contributed by atoms with Crippen LogP contribution in [0.1, 0.15) is 12.7 Å². The second kappa shape index (κ2) is 5.39. The van der Waals surface area contributed by atoms with Crippen LogP contribution in [0.4, 0.5) is 8.78 Å². The standard InChI is InChI=1S/C12H9BrF2N2O/c1-2-11-16-10(13)6-12(17-11)18-9-4-3-7(14)5-8(9)15/h3-6H,2H2,1H3. The molecule has 3 nitrogen and oxygen atoms in total. The number of hydrogen-bond donors (Lipinski definition) is 0. The first-order valence-electron chi connectivity index (χ1n) is 5.25. The Balaban J connectivity index is 2.30. The van der Waals surface area contributed by atoms with Crippen LogP contribution in [0.25, 0.3) is 0 Å². The molecule has 0 saturated heterocycles. The molecule has 0 aliphatic heterocycles. The highest BCUT2D eigenvalue weighted by atomic mass is 79.9. The van der Waals surface area contributed by atoms with E-state index in [0.29, 0.717) is 16.8 Å². The second-order valence-corrected chi connectivity index (χ2v) is 4.29. The third-order valence-corrected chi connectivity index (χ3v) is 2.55. The van der Waals surface area contributed by atoms with Crippen molar-refractivity contribution >= 4 is 15.9 Å². The summed E-state index contributed by atoms with van der Waals surface area (Å²) in [6.45, 7) is 1.89. The predicted molar refractivity (Wildman–Crippen MR) is 65.5 cm³/mol. The third kappa shape index (κ3) is 3.01. The van der Waals surface area contributed by atoms with Crippen LogP contribution in [0.5, 0.6) is 11.6 Å². The normalized spacial score (nSPS) is 10.4. The molecule has 0 unspecified atom stereocenters. The summed E-state index contributed by atoms with van der Waals surface area (Å²) >= 11 is 3.21. The molecule has 1 heterocycles. The molecule has 0 spiro atoms. The van der Waals surface area contributed by atoms with E-state index in [9.17, 15) is 8.78 Å². The van der Waals surface area contributed by atoms with E-state index in [1.165, 1.54) is 12.1 Å². The SMILES string of the molecule is CCc1nc(Br)cc(Oc2ccc(F)cc2F)n1. The summed E-state index contributed by atoms with van der Waals surface area (Å²) in [5.41, 5.74) is 0. The highest BCUT2D eigenvalue weighted by Crippen LogP contribution is 2.25. The zero-order chi connectivity index (χ0) is 13.1. The van der Waals surface area contributed by atoms with Gasteiger partial charge >= 0.3 is 0 Å². The van der Waals surface area contributed by atoms with Crippen molar-refractivity contribution in [3.05, 3.63) is 46.3 Å². The summed E-state index contributed by atoms with van der Waals surface area (Å²) in [5.74, 6) is -0.731. The molecule has 18 heavy (non-hydrogen) atoms. The molecule has 1 aromatic heterocycles. The number of benzene rings is 1. The molecule has 0 fully saturated rings. The maximum atomic E-state index is 13.4.